The second-order valence-corrected chi connectivity index (χ2v) is 7.40. The third-order valence-corrected chi connectivity index (χ3v) is 5.19. The van der Waals surface area contributed by atoms with Gasteiger partial charge in [-0.25, -0.2) is 0 Å². The molecule has 0 aliphatic rings. The van der Waals surface area contributed by atoms with Gasteiger partial charge in [0, 0.05) is 10.6 Å². The first-order valence-electron chi connectivity index (χ1n) is 9.64. The van der Waals surface area contributed by atoms with Crippen LogP contribution in [0.3, 0.4) is 0 Å². The van der Waals surface area contributed by atoms with Crippen molar-refractivity contribution in [3.8, 4) is 5.75 Å². The highest BCUT2D eigenvalue weighted by molar-refractivity contribution is 6.30. The van der Waals surface area contributed by atoms with Crippen LogP contribution in [0.2, 0.25) is 5.02 Å². The van der Waals surface area contributed by atoms with E-state index in [4.69, 9.17) is 16.3 Å². The summed E-state index contributed by atoms with van der Waals surface area (Å²) in [5, 5.41) is 5.91. The lowest BCUT2D eigenvalue weighted by Crippen LogP contribution is -2.87. The molecule has 0 spiro atoms. The summed E-state index contributed by atoms with van der Waals surface area (Å²) in [7, 11) is 1.64. The summed E-state index contributed by atoms with van der Waals surface area (Å²) < 4.78 is 5.25. The lowest BCUT2D eigenvalue weighted by atomic mass is 9.98. The van der Waals surface area contributed by atoms with Gasteiger partial charge in [-0.05, 0) is 42.3 Å². The van der Waals surface area contributed by atoms with Gasteiger partial charge in [-0.15, -0.1) is 0 Å². The Hall–Kier alpha value is -2.82. The standard InChI is InChI=1S/C24H25ClN2O2/c1-17(18-8-12-21(25)13-9-18)26-16-23(28)27-24(19-6-4-3-5-7-19)20-10-14-22(29-2)15-11-20/h3-15,17,24,26H,16H2,1-2H3,(H,27,28)/p+1/t17-,24+/m0/s1. The number of amides is 1. The first kappa shape index (κ1) is 20.9. The third-order valence-electron chi connectivity index (χ3n) is 4.94. The number of ether oxygens (including phenoxy) is 1. The number of quaternary nitrogens is 1. The molecule has 2 atom stereocenters. The van der Waals surface area contributed by atoms with E-state index in [9.17, 15) is 4.79 Å². The van der Waals surface area contributed by atoms with Gasteiger partial charge in [-0.1, -0.05) is 66.2 Å². The second kappa shape index (κ2) is 10.1. The molecule has 0 saturated heterocycles. The van der Waals surface area contributed by atoms with E-state index in [1.54, 1.807) is 7.11 Å². The van der Waals surface area contributed by atoms with E-state index in [1.165, 1.54) is 0 Å². The van der Waals surface area contributed by atoms with Crippen molar-refractivity contribution in [2.75, 3.05) is 13.7 Å². The molecule has 0 aliphatic carbocycles. The molecule has 150 valence electrons. The summed E-state index contributed by atoms with van der Waals surface area (Å²) in [6.07, 6.45) is 0. The van der Waals surface area contributed by atoms with Gasteiger partial charge in [0.1, 0.15) is 11.8 Å². The van der Waals surface area contributed by atoms with E-state index in [-0.39, 0.29) is 18.0 Å². The highest BCUT2D eigenvalue weighted by Crippen LogP contribution is 2.24. The molecule has 0 heterocycles. The Labute approximate surface area is 176 Å². The predicted molar refractivity (Wildman–Crippen MR) is 116 cm³/mol. The van der Waals surface area contributed by atoms with Crippen LogP contribution in [0.1, 0.15) is 35.7 Å². The molecule has 0 bridgehead atoms. The van der Waals surface area contributed by atoms with Gasteiger partial charge in [0.25, 0.3) is 5.91 Å². The number of nitrogens with two attached hydrogens (primary N) is 1. The van der Waals surface area contributed by atoms with Gasteiger partial charge in [0.05, 0.1) is 13.2 Å². The largest absolute Gasteiger partial charge is 0.497 e. The Kier molecular flexibility index (Phi) is 7.28. The molecule has 5 heteroatoms. The van der Waals surface area contributed by atoms with Gasteiger partial charge in [-0.2, -0.15) is 0 Å². The zero-order valence-electron chi connectivity index (χ0n) is 16.6. The lowest BCUT2D eigenvalue weighted by molar-refractivity contribution is -0.682. The van der Waals surface area contributed by atoms with Crippen molar-refractivity contribution in [1.29, 1.82) is 0 Å². The van der Waals surface area contributed by atoms with Crippen molar-refractivity contribution in [2.24, 2.45) is 0 Å². The molecule has 0 saturated carbocycles. The van der Waals surface area contributed by atoms with Crippen LogP contribution < -0.4 is 15.4 Å². The Morgan fingerprint density at radius 1 is 0.931 bits per heavy atom. The summed E-state index contributed by atoms with van der Waals surface area (Å²) >= 11 is 5.95. The Bertz CT molecular complexity index is 912. The number of methoxy groups -OCH3 is 1. The van der Waals surface area contributed by atoms with Gasteiger partial charge < -0.3 is 15.4 Å². The zero-order valence-corrected chi connectivity index (χ0v) is 17.4. The molecule has 0 aliphatic heterocycles. The molecular formula is C24H26ClN2O2+. The minimum atomic E-state index is -0.214. The van der Waals surface area contributed by atoms with Crippen molar-refractivity contribution in [3.05, 3.63) is 101 Å². The number of nitrogens with one attached hydrogen (secondary N) is 1. The smallest absolute Gasteiger partial charge is 0.275 e. The molecule has 0 fully saturated rings. The van der Waals surface area contributed by atoms with Crippen molar-refractivity contribution in [3.63, 3.8) is 0 Å². The van der Waals surface area contributed by atoms with Gasteiger partial charge >= 0.3 is 0 Å². The molecule has 3 aromatic rings. The quantitative estimate of drug-likeness (QED) is 0.593. The van der Waals surface area contributed by atoms with Crippen LogP contribution in [-0.2, 0) is 4.79 Å². The summed E-state index contributed by atoms with van der Waals surface area (Å²) in [6, 6.07) is 25.4. The fraction of sp³-hybridized carbons (Fsp3) is 0.208. The van der Waals surface area contributed by atoms with E-state index < -0.39 is 0 Å². The van der Waals surface area contributed by atoms with Gasteiger partial charge in [0.2, 0.25) is 0 Å². The number of halogens is 1. The molecule has 3 rings (SSSR count). The average molecular weight is 410 g/mol. The van der Waals surface area contributed by atoms with Gasteiger partial charge in [-0.3, -0.25) is 4.79 Å². The molecule has 4 nitrogen and oxygen atoms in total. The Morgan fingerprint density at radius 3 is 2.14 bits per heavy atom. The van der Waals surface area contributed by atoms with Crippen LogP contribution >= 0.6 is 11.6 Å². The van der Waals surface area contributed by atoms with Crippen LogP contribution in [0.4, 0.5) is 0 Å². The zero-order chi connectivity index (χ0) is 20.6. The molecule has 3 aromatic carbocycles. The monoisotopic (exact) mass is 409 g/mol. The Morgan fingerprint density at radius 2 is 1.52 bits per heavy atom. The van der Waals surface area contributed by atoms with Crippen LogP contribution in [-0.4, -0.2) is 19.6 Å². The third kappa shape index (κ3) is 5.83. The molecule has 0 unspecified atom stereocenters. The minimum absolute atomic E-state index is 0.0181. The number of hydrogen-bond acceptors (Lipinski definition) is 2. The second-order valence-electron chi connectivity index (χ2n) is 6.96. The number of carbonyl (C=O) groups is 1. The van der Waals surface area contributed by atoms with E-state index in [2.05, 4.69) is 12.2 Å². The number of benzene rings is 3. The molecule has 3 N–H and O–H groups in total. The van der Waals surface area contributed by atoms with Crippen LogP contribution in [0.25, 0.3) is 0 Å². The van der Waals surface area contributed by atoms with Crippen LogP contribution in [0.5, 0.6) is 5.75 Å². The predicted octanol–water partition coefficient (Wildman–Crippen LogP) is 3.88. The lowest BCUT2D eigenvalue weighted by Gasteiger charge is -2.20. The molecular weight excluding hydrogens is 384 g/mol. The first-order valence-corrected chi connectivity index (χ1v) is 10.0. The van der Waals surface area contributed by atoms with Crippen LogP contribution in [0, 0.1) is 0 Å². The normalized spacial score (nSPS) is 12.8. The van der Waals surface area contributed by atoms with E-state index >= 15 is 0 Å². The average Bonchev–Trinajstić information content (AvgIpc) is 2.77. The van der Waals surface area contributed by atoms with Crippen molar-refractivity contribution in [2.45, 2.75) is 19.0 Å². The molecule has 0 radical (unpaired) electrons. The van der Waals surface area contributed by atoms with Crippen molar-refractivity contribution >= 4 is 17.5 Å². The highest BCUT2D eigenvalue weighted by Gasteiger charge is 2.19. The maximum atomic E-state index is 12.7. The van der Waals surface area contributed by atoms with E-state index in [0.29, 0.717) is 11.6 Å². The summed E-state index contributed by atoms with van der Waals surface area (Å²) in [6.45, 7) is 2.41. The number of carbonyl (C=O) groups excluding carboxylic acids is 1. The number of hydrogen-bond donors (Lipinski definition) is 2. The van der Waals surface area contributed by atoms with Crippen molar-refractivity contribution in [1.82, 2.24) is 5.32 Å². The highest BCUT2D eigenvalue weighted by atomic mass is 35.5. The number of rotatable bonds is 8. The fourth-order valence-corrected chi connectivity index (χ4v) is 3.33. The van der Waals surface area contributed by atoms with Gasteiger partial charge in [0.15, 0.2) is 6.54 Å². The first-order chi connectivity index (χ1) is 14.1. The maximum absolute atomic E-state index is 12.7. The SMILES string of the molecule is COc1ccc([C@H](NC(=O)C[NH2+][C@@H](C)c2ccc(Cl)cc2)c2ccccc2)cc1. The fourth-order valence-electron chi connectivity index (χ4n) is 3.21. The molecule has 29 heavy (non-hydrogen) atoms. The van der Waals surface area contributed by atoms with Crippen molar-refractivity contribution < 1.29 is 14.8 Å². The van der Waals surface area contributed by atoms with E-state index in [0.717, 1.165) is 22.4 Å². The summed E-state index contributed by atoms with van der Waals surface area (Å²) in [5.74, 6) is 0.771. The summed E-state index contributed by atoms with van der Waals surface area (Å²) in [4.78, 5) is 12.7. The van der Waals surface area contributed by atoms with E-state index in [1.807, 2.05) is 84.2 Å². The minimum Gasteiger partial charge on any atom is -0.497 e. The van der Waals surface area contributed by atoms with Crippen LogP contribution in [0.15, 0.2) is 78.9 Å². The topological polar surface area (TPSA) is 54.9 Å². The molecule has 1 amide bonds. The Balaban J connectivity index is 1.68. The summed E-state index contributed by atoms with van der Waals surface area (Å²) in [5.41, 5.74) is 3.19. The molecule has 0 aromatic heterocycles. The maximum Gasteiger partial charge on any atom is 0.275 e.